The Kier molecular flexibility index (Phi) is 3.99. The minimum Gasteiger partial charge on any atom is -0.506 e. The number of aromatic carboxylic acids is 1. The molecule has 1 aromatic carbocycles. The van der Waals surface area contributed by atoms with Crippen LogP contribution in [0.1, 0.15) is 20.7 Å². The SMILES string of the molecule is O=C(Nc1ccc(Br)c(C(=O)O)c1)c1cncc(O)c1. The van der Waals surface area contributed by atoms with Crippen LogP contribution in [0.5, 0.6) is 5.75 Å². The first kappa shape index (κ1) is 14.0. The van der Waals surface area contributed by atoms with Crippen LogP contribution in [0.4, 0.5) is 5.69 Å². The number of hydrogen-bond donors (Lipinski definition) is 3. The standard InChI is InChI=1S/C13H9BrN2O4/c14-11-2-1-8(4-10(11)13(19)20)16-12(18)7-3-9(17)6-15-5-7/h1-6,17H,(H,16,18)(H,19,20). The number of carboxylic acids is 1. The first-order chi connectivity index (χ1) is 9.47. The van der Waals surface area contributed by atoms with Gasteiger partial charge in [0.2, 0.25) is 0 Å². The van der Waals surface area contributed by atoms with Crippen molar-refractivity contribution in [2.24, 2.45) is 0 Å². The molecule has 102 valence electrons. The molecule has 1 amide bonds. The summed E-state index contributed by atoms with van der Waals surface area (Å²) in [6.07, 6.45) is 2.50. The summed E-state index contributed by atoms with van der Waals surface area (Å²) in [6.45, 7) is 0. The lowest BCUT2D eigenvalue weighted by Gasteiger charge is -2.07. The Morgan fingerprint density at radius 2 is 1.95 bits per heavy atom. The molecule has 0 aliphatic carbocycles. The zero-order valence-corrected chi connectivity index (χ0v) is 11.6. The normalized spacial score (nSPS) is 10.1. The van der Waals surface area contributed by atoms with Crippen LogP contribution in [0.15, 0.2) is 41.1 Å². The molecule has 0 fully saturated rings. The fourth-order valence-electron chi connectivity index (χ4n) is 1.52. The third-order valence-corrected chi connectivity index (χ3v) is 3.13. The first-order valence-corrected chi connectivity index (χ1v) is 6.25. The van der Waals surface area contributed by atoms with Crippen molar-refractivity contribution in [3.8, 4) is 5.75 Å². The Hall–Kier alpha value is -2.41. The summed E-state index contributed by atoms with van der Waals surface area (Å²) < 4.78 is 0.419. The minimum atomic E-state index is -1.10. The van der Waals surface area contributed by atoms with Gasteiger partial charge in [-0.05, 0) is 40.2 Å². The van der Waals surface area contributed by atoms with Crippen LogP contribution in [-0.4, -0.2) is 27.1 Å². The van der Waals surface area contributed by atoms with Gasteiger partial charge in [0, 0.05) is 16.4 Å². The fourth-order valence-corrected chi connectivity index (χ4v) is 1.94. The molecule has 0 aliphatic heterocycles. The Morgan fingerprint density at radius 3 is 2.60 bits per heavy atom. The topological polar surface area (TPSA) is 99.5 Å². The van der Waals surface area contributed by atoms with E-state index in [1.54, 1.807) is 6.07 Å². The number of carbonyl (C=O) groups excluding carboxylic acids is 1. The number of carboxylic acid groups (broad SMARTS) is 1. The van der Waals surface area contributed by atoms with Crippen molar-refractivity contribution in [2.45, 2.75) is 0 Å². The summed E-state index contributed by atoms with van der Waals surface area (Å²) >= 11 is 3.12. The van der Waals surface area contributed by atoms with Gasteiger partial charge in [0.1, 0.15) is 5.75 Å². The average molecular weight is 337 g/mol. The van der Waals surface area contributed by atoms with Gasteiger partial charge in [-0.1, -0.05) is 0 Å². The summed E-state index contributed by atoms with van der Waals surface area (Å²) in [5.74, 6) is -1.72. The third kappa shape index (κ3) is 3.12. The predicted molar refractivity (Wildman–Crippen MR) is 75.0 cm³/mol. The van der Waals surface area contributed by atoms with E-state index < -0.39 is 11.9 Å². The molecule has 20 heavy (non-hydrogen) atoms. The molecule has 1 heterocycles. The van der Waals surface area contributed by atoms with Crippen molar-refractivity contribution in [3.63, 3.8) is 0 Å². The maximum Gasteiger partial charge on any atom is 0.336 e. The average Bonchev–Trinajstić information content (AvgIpc) is 2.40. The molecule has 3 N–H and O–H groups in total. The highest BCUT2D eigenvalue weighted by Crippen LogP contribution is 2.21. The van der Waals surface area contributed by atoms with E-state index in [9.17, 15) is 14.7 Å². The number of aromatic nitrogens is 1. The van der Waals surface area contributed by atoms with E-state index in [1.807, 2.05) is 0 Å². The second-order valence-corrected chi connectivity index (χ2v) is 4.74. The molecule has 1 aromatic heterocycles. The van der Waals surface area contributed by atoms with Gasteiger partial charge in [0.15, 0.2) is 0 Å². The zero-order chi connectivity index (χ0) is 14.7. The lowest BCUT2D eigenvalue weighted by molar-refractivity contribution is 0.0695. The van der Waals surface area contributed by atoms with Crippen LogP contribution < -0.4 is 5.32 Å². The van der Waals surface area contributed by atoms with E-state index in [0.717, 1.165) is 0 Å². The van der Waals surface area contributed by atoms with Gasteiger partial charge in [-0.2, -0.15) is 0 Å². The van der Waals surface area contributed by atoms with E-state index in [-0.39, 0.29) is 16.9 Å². The predicted octanol–water partition coefficient (Wildman–Crippen LogP) is 2.50. The Balaban J connectivity index is 2.24. The number of aromatic hydroxyl groups is 1. The maximum atomic E-state index is 11.9. The van der Waals surface area contributed by atoms with Crippen LogP contribution in [0.25, 0.3) is 0 Å². The van der Waals surface area contributed by atoms with Gasteiger partial charge in [-0.15, -0.1) is 0 Å². The van der Waals surface area contributed by atoms with Crippen molar-refractivity contribution >= 4 is 33.5 Å². The van der Waals surface area contributed by atoms with E-state index in [0.29, 0.717) is 10.2 Å². The van der Waals surface area contributed by atoms with Crippen LogP contribution in [0.3, 0.4) is 0 Å². The number of carbonyl (C=O) groups is 2. The molecule has 2 rings (SSSR count). The van der Waals surface area contributed by atoms with E-state index >= 15 is 0 Å². The zero-order valence-electron chi connectivity index (χ0n) is 10.0. The number of nitrogens with one attached hydrogen (secondary N) is 1. The molecule has 0 atom stereocenters. The summed E-state index contributed by atoms with van der Waals surface area (Å²) in [6, 6.07) is 5.68. The Morgan fingerprint density at radius 1 is 1.20 bits per heavy atom. The van der Waals surface area contributed by atoms with Crippen molar-refractivity contribution in [1.29, 1.82) is 0 Å². The Bertz CT molecular complexity index is 688. The fraction of sp³-hybridized carbons (Fsp3) is 0. The Labute approximate surface area is 122 Å². The maximum absolute atomic E-state index is 11.9. The number of amides is 1. The number of anilines is 1. The van der Waals surface area contributed by atoms with Crippen LogP contribution in [0, 0.1) is 0 Å². The quantitative estimate of drug-likeness (QED) is 0.799. The van der Waals surface area contributed by atoms with Crippen LogP contribution in [0.2, 0.25) is 0 Å². The number of hydrogen-bond acceptors (Lipinski definition) is 4. The molecular weight excluding hydrogens is 328 g/mol. The third-order valence-electron chi connectivity index (χ3n) is 2.44. The number of pyridine rings is 1. The summed E-state index contributed by atoms with van der Waals surface area (Å²) in [5, 5.41) is 20.8. The van der Waals surface area contributed by atoms with Gasteiger partial charge >= 0.3 is 5.97 Å². The van der Waals surface area contributed by atoms with Crippen molar-refractivity contribution in [2.75, 3.05) is 5.32 Å². The van der Waals surface area contributed by atoms with Crippen LogP contribution in [-0.2, 0) is 0 Å². The molecule has 2 aromatic rings. The molecule has 0 saturated carbocycles. The molecule has 0 bridgehead atoms. The van der Waals surface area contributed by atoms with Gasteiger partial charge in [-0.3, -0.25) is 9.78 Å². The minimum absolute atomic E-state index is 0.0387. The number of benzene rings is 1. The van der Waals surface area contributed by atoms with E-state index in [4.69, 9.17) is 5.11 Å². The molecule has 0 aliphatic rings. The number of halogens is 1. The summed E-state index contributed by atoms with van der Waals surface area (Å²) in [4.78, 5) is 26.6. The van der Waals surface area contributed by atoms with Gasteiger partial charge in [-0.25, -0.2) is 4.79 Å². The van der Waals surface area contributed by atoms with E-state index in [2.05, 4.69) is 26.2 Å². The van der Waals surface area contributed by atoms with Gasteiger partial charge < -0.3 is 15.5 Å². The molecular formula is C13H9BrN2O4. The number of rotatable bonds is 3. The lowest BCUT2D eigenvalue weighted by atomic mass is 10.2. The highest BCUT2D eigenvalue weighted by atomic mass is 79.9. The molecule has 0 saturated heterocycles. The molecule has 0 unspecified atom stereocenters. The summed E-state index contributed by atoms with van der Waals surface area (Å²) in [5.41, 5.74) is 0.542. The van der Waals surface area contributed by atoms with E-state index in [1.165, 1.54) is 30.6 Å². The highest BCUT2D eigenvalue weighted by Gasteiger charge is 2.12. The molecule has 0 radical (unpaired) electrons. The second kappa shape index (κ2) is 5.70. The molecule has 6 nitrogen and oxygen atoms in total. The smallest absolute Gasteiger partial charge is 0.336 e. The monoisotopic (exact) mass is 336 g/mol. The lowest BCUT2D eigenvalue weighted by Crippen LogP contribution is -2.12. The molecule has 7 heteroatoms. The van der Waals surface area contributed by atoms with Crippen molar-refractivity contribution in [1.82, 2.24) is 4.98 Å². The van der Waals surface area contributed by atoms with Crippen molar-refractivity contribution < 1.29 is 19.8 Å². The van der Waals surface area contributed by atoms with Gasteiger partial charge in [0.05, 0.1) is 17.3 Å². The highest BCUT2D eigenvalue weighted by molar-refractivity contribution is 9.10. The largest absolute Gasteiger partial charge is 0.506 e. The van der Waals surface area contributed by atoms with Crippen LogP contribution >= 0.6 is 15.9 Å². The first-order valence-electron chi connectivity index (χ1n) is 5.45. The number of nitrogens with zero attached hydrogens (tertiary/aromatic N) is 1. The van der Waals surface area contributed by atoms with Crippen molar-refractivity contribution in [3.05, 3.63) is 52.3 Å². The summed E-state index contributed by atoms with van der Waals surface area (Å²) in [7, 11) is 0. The van der Waals surface area contributed by atoms with Gasteiger partial charge in [0.25, 0.3) is 5.91 Å². The second-order valence-electron chi connectivity index (χ2n) is 3.89. The molecule has 0 spiro atoms.